The average Bonchev–Trinajstić information content (AvgIpc) is 2.02. The van der Waals surface area contributed by atoms with Crippen LogP contribution in [-0.2, 0) is 6.42 Å². The number of hydrogen-bond donors (Lipinski definition) is 2. The van der Waals surface area contributed by atoms with Gasteiger partial charge in [-0.15, -0.1) is 0 Å². The summed E-state index contributed by atoms with van der Waals surface area (Å²) in [5.41, 5.74) is 1.02. The van der Waals surface area contributed by atoms with Crippen LogP contribution in [0.3, 0.4) is 0 Å². The van der Waals surface area contributed by atoms with Gasteiger partial charge in [0.25, 0.3) is 0 Å². The lowest BCUT2D eigenvalue weighted by Gasteiger charge is -1.99. The van der Waals surface area contributed by atoms with Gasteiger partial charge in [0.05, 0.1) is 0 Å². The van der Waals surface area contributed by atoms with Gasteiger partial charge in [-0.2, -0.15) is 0 Å². The normalized spacial score (nSPS) is 14.9. The summed E-state index contributed by atoms with van der Waals surface area (Å²) in [6.07, 6.45) is -0.00515. The molecule has 0 unspecified atom stereocenters. The summed E-state index contributed by atoms with van der Waals surface area (Å²) in [4.78, 5) is 0. The Hall–Kier alpha value is -0.795. The third-order valence-electron chi connectivity index (χ3n) is 1.48. The standard InChI is InChI=1S/C8H11BO2/c1-2-7-3-5-8(6-4-7)9(10)11/h3-6,10-11H,2H2,1H3/i1D3. The molecule has 58 valence electrons. The van der Waals surface area contributed by atoms with Gasteiger partial charge in [-0.05, 0) is 17.4 Å². The molecule has 0 aliphatic carbocycles. The van der Waals surface area contributed by atoms with Gasteiger partial charge >= 0.3 is 7.12 Å². The van der Waals surface area contributed by atoms with E-state index in [0.717, 1.165) is 0 Å². The van der Waals surface area contributed by atoms with E-state index in [4.69, 9.17) is 14.2 Å². The Kier molecular flexibility index (Phi) is 1.60. The summed E-state index contributed by atoms with van der Waals surface area (Å²) in [5, 5.41) is 17.6. The van der Waals surface area contributed by atoms with Crippen molar-refractivity contribution in [2.45, 2.75) is 13.3 Å². The third-order valence-corrected chi connectivity index (χ3v) is 1.48. The number of hydrogen-bond acceptors (Lipinski definition) is 2. The summed E-state index contributed by atoms with van der Waals surface area (Å²) in [7, 11) is -1.50. The molecule has 11 heavy (non-hydrogen) atoms. The van der Waals surface area contributed by atoms with E-state index in [0.29, 0.717) is 11.0 Å². The highest BCUT2D eigenvalue weighted by Crippen LogP contribution is 1.96. The maximum absolute atomic E-state index is 8.79. The van der Waals surface area contributed by atoms with Crippen LogP contribution in [0.5, 0.6) is 0 Å². The highest BCUT2D eigenvalue weighted by atomic mass is 16.4. The Morgan fingerprint density at radius 2 is 2.00 bits per heavy atom. The Bertz CT molecular complexity index is 294. The zero-order chi connectivity index (χ0) is 10.8. The van der Waals surface area contributed by atoms with Crippen molar-refractivity contribution in [2.24, 2.45) is 0 Å². The summed E-state index contributed by atoms with van der Waals surface area (Å²) in [5.74, 6) is 0. The van der Waals surface area contributed by atoms with E-state index in [1.807, 2.05) is 0 Å². The van der Waals surface area contributed by atoms with E-state index in [2.05, 4.69) is 0 Å². The van der Waals surface area contributed by atoms with Crippen LogP contribution in [0.1, 0.15) is 16.5 Å². The van der Waals surface area contributed by atoms with Gasteiger partial charge in [0.1, 0.15) is 0 Å². The minimum absolute atomic E-state index is 0.00515. The van der Waals surface area contributed by atoms with Crippen LogP contribution in [-0.4, -0.2) is 17.2 Å². The molecule has 1 aromatic rings. The average molecular weight is 153 g/mol. The first-order chi connectivity index (χ1) is 6.38. The molecule has 0 amide bonds. The van der Waals surface area contributed by atoms with Crippen LogP contribution < -0.4 is 5.46 Å². The van der Waals surface area contributed by atoms with E-state index >= 15 is 0 Å². The second-order valence-electron chi connectivity index (χ2n) is 2.29. The van der Waals surface area contributed by atoms with Crippen molar-refractivity contribution in [2.75, 3.05) is 0 Å². The second-order valence-corrected chi connectivity index (χ2v) is 2.29. The fraction of sp³-hybridized carbons (Fsp3) is 0.250. The Balaban J connectivity index is 2.74. The van der Waals surface area contributed by atoms with Crippen LogP contribution in [0.4, 0.5) is 0 Å². The smallest absolute Gasteiger partial charge is 0.423 e. The lowest BCUT2D eigenvalue weighted by atomic mass is 9.80. The fourth-order valence-corrected chi connectivity index (χ4v) is 0.808. The zero-order valence-corrected chi connectivity index (χ0v) is 5.99. The first-order valence-corrected chi connectivity index (χ1v) is 3.33. The minimum Gasteiger partial charge on any atom is -0.423 e. The van der Waals surface area contributed by atoms with Crippen LogP contribution in [0, 0.1) is 0 Å². The number of benzene rings is 1. The maximum Gasteiger partial charge on any atom is 0.488 e. The molecule has 3 heteroatoms. The van der Waals surface area contributed by atoms with Crippen molar-refractivity contribution < 1.29 is 14.2 Å². The predicted molar refractivity (Wildman–Crippen MR) is 45.6 cm³/mol. The molecule has 2 nitrogen and oxygen atoms in total. The Morgan fingerprint density at radius 3 is 2.45 bits per heavy atom. The van der Waals surface area contributed by atoms with Crippen molar-refractivity contribution in [3.63, 3.8) is 0 Å². The molecule has 0 aliphatic heterocycles. The van der Waals surface area contributed by atoms with Gasteiger partial charge in [-0.1, -0.05) is 31.1 Å². The third kappa shape index (κ3) is 2.07. The monoisotopic (exact) mass is 153 g/mol. The number of rotatable bonds is 2. The van der Waals surface area contributed by atoms with E-state index in [1.165, 1.54) is 12.1 Å². The van der Waals surface area contributed by atoms with Gasteiger partial charge in [0.2, 0.25) is 0 Å². The Morgan fingerprint density at radius 1 is 1.36 bits per heavy atom. The summed E-state index contributed by atoms with van der Waals surface area (Å²) >= 11 is 0. The molecule has 1 rings (SSSR count). The van der Waals surface area contributed by atoms with Crippen molar-refractivity contribution >= 4 is 12.6 Å². The van der Waals surface area contributed by atoms with Crippen LogP contribution in [0.2, 0.25) is 0 Å². The molecule has 0 saturated heterocycles. The summed E-state index contributed by atoms with van der Waals surface area (Å²) in [6.45, 7) is -1.99. The van der Waals surface area contributed by atoms with Gasteiger partial charge in [-0.3, -0.25) is 0 Å². The van der Waals surface area contributed by atoms with E-state index in [-0.39, 0.29) is 6.42 Å². The van der Waals surface area contributed by atoms with Crippen LogP contribution in [0.15, 0.2) is 24.3 Å². The first-order valence-electron chi connectivity index (χ1n) is 4.83. The minimum atomic E-state index is -1.99. The van der Waals surface area contributed by atoms with Gasteiger partial charge in [0.15, 0.2) is 0 Å². The maximum atomic E-state index is 8.79. The lowest BCUT2D eigenvalue weighted by molar-refractivity contribution is 0.426. The molecule has 2 N–H and O–H groups in total. The van der Waals surface area contributed by atoms with Crippen molar-refractivity contribution in [3.8, 4) is 0 Å². The first kappa shape index (κ1) is 4.96. The topological polar surface area (TPSA) is 40.5 Å². The summed E-state index contributed by atoms with van der Waals surface area (Å²) in [6, 6.07) is 6.18. The van der Waals surface area contributed by atoms with Gasteiger partial charge in [-0.25, -0.2) is 0 Å². The van der Waals surface area contributed by atoms with Crippen molar-refractivity contribution in [1.29, 1.82) is 0 Å². The predicted octanol–water partition coefficient (Wildman–Crippen LogP) is -0.0712. The highest BCUT2D eigenvalue weighted by Gasteiger charge is 2.08. The van der Waals surface area contributed by atoms with Crippen molar-refractivity contribution in [3.05, 3.63) is 29.8 Å². The molecule has 0 radical (unpaired) electrons. The molecule has 0 aliphatic rings. The van der Waals surface area contributed by atoms with E-state index < -0.39 is 14.0 Å². The van der Waals surface area contributed by atoms with Crippen LogP contribution in [0.25, 0.3) is 0 Å². The molecule has 0 saturated carbocycles. The van der Waals surface area contributed by atoms with Gasteiger partial charge < -0.3 is 10.0 Å². The molecule has 0 bridgehead atoms. The van der Waals surface area contributed by atoms with E-state index in [9.17, 15) is 0 Å². The second kappa shape index (κ2) is 3.55. The van der Waals surface area contributed by atoms with Crippen LogP contribution >= 0.6 is 0 Å². The molecule has 0 aromatic heterocycles. The van der Waals surface area contributed by atoms with Crippen molar-refractivity contribution in [1.82, 2.24) is 0 Å². The summed E-state index contributed by atoms with van der Waals surface area (Å²) < 4.78 is 21.1. The van der Waals surface area contributed by atoms with E-state index in [1.54, 1.807) is 12.1 Å². The zero-order valence-electron chi connectivity index (χ0n) is 8.99. The molecular formula is C8H11BO2. The number of aryl methyl sites for hydroxylation is 1. The van der Waals surface area contributed by atoms with Gasteiger partial charge in [0, 0.05) is 4.11 Å². The SMILES string of the molecule is [2H]C([2H])([2H])Cc1ccc(B(O)O)cc1. The quantitative estimate of drug-likeness (QED) is 0.583. The lowest BCUT2D eigenvalue weighted by Crippen LogP contribution is -2.29. The Labute approximate surface area is 70.9 Å². The molecular weight excluding hydrogens is 139 g/mol. The molecule has 1 aromatic carbocycles. The molecule has 0 spiro atoms. The molecule has 0 fully saturated rings. The molecule has 0 atom stereocenters. The molecule has 0 heterocycles. The highest BCUT2D eigenvalue weighted by molar-refractivity contribution is 6.58. The largest absolute Gasteiger partial charge is 0.488 e. The fourth-order valence-electron chi connectivity index (χ4n) is 0.808.